The summed E-state index contributed by atoms with van der Waals surface area (Å²) in [7, 11) is 0. The minimum atomic E-state index is -0.865. The highest BCUT2D eigenvalue weighted by Gasteiger charge is 2.35. The lowest BCUT2D eigenvalue weighted by Gasteiger charge is -2.34. The molecule has 1 rings (SSSR count). The quantitative estimate of drug-likeness (QED) is 0.421. The number of nitrogens with one attached hydrogen (secondary N) is 2. The summed E-state index contributed by atoms with van der Waals surface area (Å²) in [6.07, 6.45) is 4.13. The van der Waals surface area contributed by atoms with Crippen LogP contribution in [-0.4, -0.2) is 59.0 Å². The maximum absolute atomic E-state index is 13.8. The summed E-state index contributed by atoms with van der Waals surface area (Å²) in [6, 6.07) is 5.88. The monoisotopic (exact) mass is 491 g/mol. The summed E-state index contributed by atoms with van der Waals surface area (Å²) in [5.41, 5.74) is 1.14. The third-order valence-electron chi connectivity index (χ3n) is 4.90. The Balaban J connectivity index is 3.39. The Morgan fingerprint density at radius 1 is 1.15 bits per heavy atom. The number of carbonyl (C=O) groups is 3. The molecule has 2 unspecified atom stereocenters. The van der Waals surface area contributed by atoms with E-state index in [-0.39, 0.29) is 24.4 Å². The molecule has 0 spiro atoms. The zero-order valence-corrected chi connectivity index (χ0v) is 22.5. The number of hydrogen-bond donors (Lipinski definition) is 2. The van der Waals surface area contributed by atoms with Gasteiger partial charge < -0.3 is 20.3 Å². The van der Waals surface area contributed by atoms with Gasteiger partial charge in [0.1, 0.15) is 17.7 Å². The molecule has 0 aliphatic heterocycles. The van der Waals surface area contributed by atoms with E-state index in [9.17, 15) is 14.4 Å². The van der Waals surface area contributed by atoms with Crippen molar-refractivity contribution < 1.29 is 19.1 Å². The second-order valence-electron chi connectivity index (χ2n) is 9.42. The van der Waals surface area contributed by atoms with Crippen molar-refractivity contribution in [2.24, 2.45) is 0 Å². The van der Waals surface area contributed by atoms with E-state index < -0.39 is 23.8 Å². The number of alkyl carbamates (subject to hydrolysis) is 1. The van der Waals surface area contributed by atoms with Crippen molar-refractivity contribution in [1.82, 2.24) is 15.5 Å². The largest absolute Gasteiger partial charge is 0.444 e. The molecule has 1 aromatic rings. The zero-order chi connectivity index (χ0) is 25.9. The third kappa shape index (κ3) is 9.79. The number of benzene rings is 1. The van der Waals surface area contributed by atoms with Gasteiger partial charge in [0.25, 0.3) is 0 Å². The Morgan fingerprint density at radius 2 is 1.76 bits per heavy atom. The Hall–Kier alpha value is -2.48. The van der Waals surface area contributed by atoms with Crippen LogP contribution in [0.3, 0.4) is 0 Å². The maximum Gasteiger partial charge on any atom is 0.408 e. The molecule has 2 atom stereocenters. The van der Waals surface area contributed by atoms with Crippen LogP contribution < -0.4 is 10.6 Å². The predicted molar refractivity (Wildman–Crippen MR) is 140 cm³/mol. The second-order valence-corrected chi connectivity index (χ2v) is 10.4. The van der Waals surface area contributed by atoms with Crippen molar-refractivity contribution in [2.45, 2.75) is 78.1 Å². The van der Waals surface area contributed by atoms with E-state index >= 15 is 0 Å². The molecule has 0 aliphatic rings. The van der Waals surface area contributed by atoms with Gasteiger partial charge in [-0.15, -0.1) is 6.58 Å². The normalized spacial score (nSPS) is 13.1. The van der Waals surface area contributed by atoms with Gasteiger partial charge in [-0.2, -0.15) is 11.8 Å². The van der Waals surface area contributed by atoms with E-state index in [2.05, 4.69) is 24.1 Å². The Morgan fingerprint density at radius 3 is 2.24 bits per heavy atom. The number of rotatable bonds is 12. The molecule has 8 heteroatoms. The number of amides is 3. The van der Waals surface area contributed by atoms with E-state index in [4.69, 9.17) is 4.74 Å². The van der Waals surface area contributed by atoms with Gasteiger partial charge in [-0.25, -0.2) is 4.79 Å². The Bertz CT molecular complexity index is 818. The zero-order valence-electron chi connectivity index (χ0n) is 21.6. The van der Waals surface area contributed by atoms with Crippen LogP contribution in [0, 0.1) is 0 Å². The maximum atomic E-state index is 13.8. The number of aryl methyl sites for hydroxylation is 1. The van der Waals surface area contributed by atoms with Crippen LogP contribution >= 0.6 is 11.8 Å². The number of hydrogen-bond acceptors (Lipinski definition) is 5. The molecule has 0 heterocycles. The fourth-order valence-electron chi connectivity index (χ4n) is 3.38. The summed E-state index contributed by atoms with van der Waals surface area (Å²) in [5.74, 6) is 0.0148. The van der Waals surface area contributed by atoms with Crippen LogP contribution in [0.1, 0.15) is 65.1 Å². The molecule has 0 radical (unpaired) electrons. The molecule has 190 valence electrons. The molecule has 0 aliphatic carbocycles. The minimum Gasteiger partial charge on any atom is -0.444 e. The first-order valence-electron chi connectivity index (χ1n) is 11.7. The molecule has 1 aromatic carbocycles. The van der Waals surface area contributed by atoms with Crippen molar-refractivity contribution >= 4 is 29.7 Å². The summed E-state index contributed by atoms with van der Waals surface area (Å²) in [6.45, 7) is 15.1. The molecule has 0 fully saturated rings. The van der Waals surface area contributed by atoms with Crippen molar-refractivity contribution in [1.29, 1.82) is 0 Å². The predicted octanol–water partition coefficient (Wildman–Crippen LogP) is 4.48. The number of carbonyl (C=O) groups excluding carboxylic acids is 3. The number of thioether (sulfide) groups is 1. The van der Waals surface area contributed by atoms with Gasteiger partial charge in [-0.05, 0) is 70.6 Å². The van der Waals surface area contributed by atoms with Crippen LogP contribution in [0.25, 0.3) is 0 Å². The molecule has 0 saturated heterocycles. The minimum absolute atomic E-state index is 0.0993. The van der Waals surface area contributed by atoms with Crippen LogP contribution in [-0.2, 0) is 20.7 Å². The van der Waals surface area contributed by atoms with Crippen LogP contribution in [0.2, 0.25) is 0 Å². The summed E-state index contributed by atoms with van der Waals surface area (Å²) < 4.78 is 5.38. The van der Waals surface area contributed by atoms with E-state index in [1.807, 2.05) is 44.4 Å². The van der Waals surface area contributed by atoms with Gasteiger partial charge in [-0.1, -0.05) is 37.3 Å². The third-order valence-corrected chi connectivity index (χ3v) is 5.55. The molecular formula is C26H41N3O4S. The van der Waals surface area contributed by atoms with Gasteiger partial charge in [0.2, 0.25) is 11.8 Å². The first-order chi connectivity index (χ1) is 15.9. The standard InChI is InChI=1S/C26H41N3O4S/c1-9-16-29(24(31)21(15-17-34-8)28-25(32)33-26(5,6)7)22(23(30)27-18(3)4)20-13-11-19(10-2)12-14-20/h9,11-14,18,21-22H,1,10,15-17H2,2-8H3,(H,27,30)(H,28,32). The highest BCUT2D eigenvalue weighted by Crippen LogP contribution is 2.24. The van der Waals surface area contributed by atoms with Crippen LogP contribution in [0.4, 0.5) is 4.79 Å². The van der Waals surface area contributed by atoms with Crippen molar-refractivity contribution in [3.8, 4) is 0 Å². The molecule has 0 bridgehead atoms. The second kappa shape index (κ2) is 14.0. The first kappa shape index (κ1) is 29.6. The van der Waals surface area contributed by atoms with E-state index in [1.54, 1.807) is 38.6 Å². The molecular weight excluding hydrogens is 450 g/mol. The number of ether oxygens (including phenoxy) is 1. The van der Waals surface area contributed by atoms with Crippen LogP contribution in [0.5, 0.6) is 0 Å². The van der Waals surface area contributed by atoms with E-state index in [0.29, 0.717) is 17.7 Å². The van der Waals surface area contributed by atoms with Gasteiger partial charge >= 0.3 is 6.09 Å². The smallest absolute Gasteiger partial charge is 0.408 e. The molecule has 34 heavy (non-hydrogen) atoms. The summed E-state index contributed by atoms with van der Waals surface area (Å²) >= 11 is 1.57. The SMILES string of the molecule is C=CCN(C(=O)C(CCSC)NC(=O)OC(C)(C)C)C(C(=O)NC(C)C)c1ccc(CC)cc1. The lowest BCUT2D eigenvalue weighted by Crippen LogP contribution is -2.53. The summed E-state index contributed by atoms with van der Waals surface area (Å²) in [4.78, 5) is 41.1. The van der Waals surface area contributed by atoms with Gasteiger partial charge in [0, 0.05) is 12.6 Å². The van der Waals surface area contributed by atoms with E-state index in [0.717, 1.165) is 12.0 Å². The van der Waals surface area contributed by atoms with Gasteiger partial charge in [0.05, 0.1) is 0 Å². The highest BCUT2D eigenvalue weighted by atomic mass is 32.2. The van der Waals surface area contributed by atoms with E-state index in [1.165, 1.54) is 4.90 Å². The van der Waals surface area contributed by atoms with Crippen molar-refractivity contribution in [3.05, 3.63) is 48.0 Å². The molecule has 2 N–H and O–H groups in total. The molecule has 7 nitrogen and oxygen atoms in total. The van der Waals surface area contributed by atoms with Crippen LogP contribution in [0.15, 0.2) is 36.9 Å². The topological polar surface area (TPSA) is 87.7 Å². The number of nitrogens with zero attached hydrogens (tertiary/aromatic N) is 1. The fraction of sp³-hybridized carbons (Fsp3) is 0.577. The highest BCUT2D eigenvalue weighted by molar-refractivity contribution is 7.98. The summed E-state index contributed by atoms with van der Waals surface area (Å²) in [5, 5.41) is 5.65. The average molecular weight is 492 g/mol. The molecule has 0 aromatic heterocycles. The van der Waals surface area contributed by atoms with Gasteiger partial charge in [-0.3, -0.25) is 9.59 Å². The van der Waals surface area contributed by atoms with Crippen molar-refractivity contribution in [2.75, 3.05) is 18.6 Å². The lowest BCUT2D eigenvalue weighted by molar-refractivity contribution is -0.142. The van der Waals surface area contributed by atoms with Gasteiger partial charge in [0.15, 0.2) is 0 Å². The lowest BCUT2D eigenvalue weighted by atomic mass is 10.00. The first-order valence-corrected chi connectivity index (χ1v) is 13.1. The molecule has 0 saturated carbocycles. The fourth-order valence-corrected chi connectivity index (χ4v) is 3.85. The Labute approximate surface area is 209 Å². The van der Waals surface area contributed by atoms with Crippen molar-refractivity contribution in [3.63, 3.8) is 0 Å². The Kier molecular flexibility index (Phi) is 12.2. The molecule has 3 amide bonds. The average Bonchev–Trinajstić information content (AvgIpc) is 2.74.